The van der Waals surface area contributed by atoms with E-state index in [1.165, 1.54) is 48.1 Å². The number of esters is 2. The summed E-state index contributed by atoms with van der Waals surface area (Å²) >= 11 is 0. The van der Waals surface area contributed by atoms with Crippen LogP contribution in [0, 0.1) is 6.92 Å². The highest BCUT2D eigenvalue weighted by molar-refractivity contribution is 5.96. The highest BCUT2D eigenvalue weighted by Gasteiger charge is 2.12. The van der Waals surface area contributed by atoms with Crippen molar-refractivity contribution in [2.45, 2.75) is 6.92 Å². The first-order chi connectivity index (χ1) is 14.4. The van der Waals surface area contributed by atoms with E-state index in [1.54, 1.807) is 25.3 Å². The zero-order valence-electron chi connectivity index (χ0n) is 16.3. The molecule has 0 radical (unpaired) electrons. The van der Waals surface area contributed by atoms with Crippen molar-refractivity contribution in [1.29, 1.82) is 0 Å². The third kappa shape index (κ3) is 4.64. The molecular formula is C21H19N3O6. The first-order valence-electron chi connectivity index (χ1n) is 8.92. The van der Waals surface area contributed by atoms with Gasteiger partial charge >= 0.3 is 17.6 Å². The molecule has 1 heterocycles. The molecule has 0 aliphatic rings. The average Bonchev–Trinajstić information content (AvgIpc) is 3.10. The molecule has 0 bridgehead atoms. The molecule has 9 nitrogen and oxygen atoms in total. The van der Waals surface area contributed by atoms with Crippen molar-refractivity contribution in [3.63, 3.8) is 0 Å². The van der Waals surface area contributed by atoms with Crippen LogP contribution in [0.2, 0.25) is 0 Å². The van der Waals surface area contributed by atoms with Crippen LogP contribution >= 0.6 is 0 Å². The van der Waals surface area contributed by atoms with Gasteiger partial charge in [0.25, 0.3) is 5.91 Å². The van der Waals surface area contributed by atoms with E-state index in [1.807, 2.05) is 0 Å². The highest BCUT2D eigenvalue weighted by atomic mass is 16.5. The Kier molecular flexibility index (Phi) is 6.11. The van der Waals surface area contributed by atoms with E-state index in [4.69, 9.17) is 4.74 Å². The molecular weight excluding hydrogens is 390 g/mol. The number of anilines is 1. The number of hydrogen-bond donors (Lipinski definition) is 2. The van der Waals surface area contributed by atoms with Gasteiger partial charge in [0.05, 0.1) is 23.9 Å². The smallest absolute Gasteiger partial charge is 0.338 e. The summed E-state index contributed by atoms with van der Waals surface area (Å²) in [4.78, 5) is 49.9. The Balaban J connectivity index is 1.55. The molecule has 0 atom stereocenters. The molecule has 0 unspecified atom stereocenters. The molecule has 9 heteroatoms. The van der Waals surface area contributed by atoms with Crippen molar-refractivity contribution in [2.75, 3.05) is 19.0 Å². The first-order valence-corrected chi connectivity index (χ1v) is 8.92. The van der Waals surface area contributed by atoms with E-state index in [2.05, 4.69) is 15.0 Å². The zero-order valence-corrected chi connectivity index (χ0v) is 16.3. The predicted molar refractivity (Wildman–Crippen MR) is 108 cm³/mol. The average molecular weight is 409 g/mol. The van der Waals surface area contributed by atoms with Gasteiger partial charge in [-0.05, 0) is 55.5 Å². The Morgan fingerprint density at radius 1 is 0.967 bits per heavy atom. The van der Waals surface area contributed by atoms with E-state index >= 15 is 0 Å². The number of aromatic amines is 1. The van der Waals surface area contributed by atoms with Crippen LogP contribution in [-0.2, 0) is 14.3 Å². The second kappa shape index (κ2) is 8.91. The summed E-state index contributed by atoms with van der Waals surface area (Å²) in [5, 5.41) is 2.56. The van der Waals surface area contributed by atoms with Crippen LogP contribution in [0.4, 0.5) is 5.69 Å². The monoisotopic (exact) mass is 409 g/mol. The number of amides is 1. The summed E-state index contributed by atoms with van der Waals surface area (Å²) < 4.78 is 11.1. The number of benzene rings is 2. The number of H-pyrrole nitrogens is 1. The van der Waals surface area contributed by atoms with Gasteiger partial charge in [-0.1, -0.05) is 0 Å². The van der Waals surface area contributed by atoms with Crippen LogP contribution < -0.4 is 11.0 Å². The number of methoxy groups -OCH3 is 1. The van der Waals surface area contributed by atoms with Gasteiger partial charge in [-0.3, -0.25) is 9.36 Å². The maximum atomic E-state index is 12.2. The molecule has 3 rings (SSSR count). The maximum Gasteiger partial charge on any atom is 0.338 e. The molecule has 1 amide bonds. The molecule has 30 heavy (non-hydrogen) atoms. The Morgan fingerprint density at radius 2 is 1.57 bits per heavy atom. The van der Waals surface area contributed by atoms with E-state index in [-0.39, 0.29) is 11.3 Å². The number of aromatic nitrogens is 2. The lowest BCUT2D eigenvalue weighted by Crippen LogP contribution is -2.21. The third-order valence-electron chi connectivity index (χ3n) is 4.25. The van der Waals surface area contributed by atoms with Crippen LogP contribution in [-0.4, -0.2) is 41.1 Å². The molecule has 0 fully saturated rings. The van der Waals surface area contributed by atoms with Crippen LogP contribution in [0.3, 0.4) is 0 Å². The van der Waals surface area contributed by atoms with E-state index in [9.17, 15) is 19.2 Å². The van der Waals surface area contributed by atoms with Gasteiger partial charge in [0, 0.05) is 17.6 Å². The lowest BCUT2D eigenvalue weighted by atomic mass is 10.2. The van der Waals surface area contributed by atoms with E-state index in [0.717, 1.165) is 5.69 Å². The van der Waals surface area contributed by atoms with E-state index < -0.39 is 24.5 Å². The van der Waals surface area contributed by atoms with Crippen molar-refractivity contribution in [2.24, 2.45) is 0 Å². The topological polar surface area (TPSA) is 119 Å². The SMILES string of the molecule is COC(=O)c1ccc(NC(=O)COC(=O)c2ccc(-n3c(C)c[nH]c3=O)cc2)cc1. The number of imidazole rings is 1. The highest BCUT2D eigenvalue weighted by Crippen LogP contribution is 2.12. The number of rotatable bonds is 6. The molecule has 1 aromatic heterocycles. The minimum Gasteiger partial charge on any atom is -0.465 e. The minimum absolute atomic E-state index is 0.246. The van der Waals surface area contributed by atoms with Gasteiger partial charge in [0.2, 0.25) is 0 Å². The van der Waals surface area contributed by atoms with Crippen molar-refractivity contribution in [3.8, 4) is 5.69 Å². The molecule has 0 saturated carbocycles. The number of nitrogens with zero attached hydrogens (tertiary/aromatic N) is 1. The fourth-order valence-corrected chi connectivity index (χ4v) is 2.74. The summed E-state index contributed by atoms with van der Waals surface area (Å²) in [5.74, 6) is -1.68. The van der Waals surface area contributed by atoms with Gasteiger partial charge in [-0.25, -0.2) is 14.4 Å². The van der Waals surface area contributed by atoms with E-state index in [0.29, 0.717) is 16.9 Å². The molecule has 0 spiro atoms. The predicted octanol–water partition coefficient (Wildman–Crippen LogP) is 2.06. The number of carbonyl (C=O) groups excluding carboxylic acids is 3. The number of carbonyl (C=O) groups is 3. The normalized spacial score (nSPS) is 10.3. The second-order valence-electron chi connectivity index (χ2n) is 6.31. The Bertz CT molecular complexity index is 1130. The summed E-state index contributed by atoms with van der Waals surface area (Å²) in [6.07, 6.45) is 1.59. The molecule has 2 N–H and O–H groups in total. The van der Waals surface area contributed by atoms with Gasteiger partial charge in [-0.15, -0.1) is 0 Å². The summed E-state index contributed by atoms with van der Waals surface area (Å²) in [6.45, 7) is 1.30. The quantitative estimate of drug-likeness (QED) is 0.602. The van der Waals surface area contributed by atoms with Crippen LogP contribution in [0.5, 0.6) is 0 Å². The zero-order chi connectivity index (χ0) is 21.7. The molecule has 2 aromatic carbocycles. The molecule has 0 aliphatic carbocycles. The fourth-order valence-electron chi connectivity index (χ4n) is 2.74. The fraction of sp³-hybridized carbons (Fsp3) is 0.143. The van der Waals surface area contributed by atoms with Crippen LogP contribution in [0.15, 0.2) is 59.5 Å². The van der Waals surface area contributed by atoms with Crippen molar-refractivity contribution in [1.82, 2.24) is 9.55 Å². The standard InChI is InChI=1S/C21H19N3O6/c1-13-11-22-21(28)24(13)17-9-5-15(6-10-17)20(27)30-12-18(25)23-16-7-3-14(4-8-16)19(26)29-2/h3-11H,12H2,1-2H3,(H,22,28)(H,23,25). The maximum absolute atomic E-state index is 12.2. The lowest BCUT2D eigenvalue weighted by molar-refractivity contribution is -0.119. The Labute approximate surface area is 171 Å². The van der Waals surface area contributed by atoms with Crippen molar-refractivity contribution < 1.29 is 23.9 Å². The third-order valence-corrected chi connectivity index (χ3v) is 4.25. The summed E-state index contributed by atoms with van der Waals surface area (Å²) in [6, 6.07) is 12.3. The van der Waals surface area contributed by atoms with Crippen LogP contribution in [0.25, 0.3) is 5.69 Å². The van der Waals surface area contributed by atoms with Crippen molar-refractivity contribution >= 4 is 23.5 Å². The number of ether oxygens (including phenoxy) is 2. The molecule has 154 valence electrons. The molecule has 3 aromatic rings. The summed E-state index contributed by atoms with van der Waals surface area (Å²) in [5.41, 5.74) is 2.09. The second-order valence-corrected chi connectivity index (χ2v) is 6.31. The number of hydrogen-bond acceptors (Lipinski definition) is 6. The number of nitrogens with one attached hydrogen (secondary N) is 2. The minimum atomic E-state index is -0.670. The first kappa shape index (κ1) is 20.6. The molecule has 0 aliphatic heterocycles. The van der Waals surface area contributed by atoms with Crippen LogP contribution in [0.1, 0.15) is 26.4 Å². The largest absolute Gasteiger partial charge is 0.465 e. The lowest BCUT2D eigenvalue weighted by Gasteiger charge is -2.08. The Hall–Kier alpha value is -4.14. The molecule has 0 saturated heterocycles. The number of aryl methyl sites for hydroxylation is 1. The van der Waals surface area contributed by atoms with Gasteiger partial charge in [0.1, 0.15) is 0 Å². The van der Waals surface area contributed by atoms with Gasteiger partial charge in [-0.2, -0.15) is 0 Å². The van der Waals surface area contributed by atoms with Crippen molar-refractivity contribution in [3.05, 3.63) is 82.0 Å². The Morgan fingerprint density at radius 3 is 2.13 bits per heavy atom. The van der Waals surface area contributed by atoms with Gasteiger partial charge < -0.3 is 19.8 Å². The summed E-state index contributed by atoms with van der Waals surface area (Å²) in [7, 11) is 1.28. The van der Waals surface area contributed by atoms with Gasteiger partial charge in [0.15, 0.2) is 6.61 Å².